The lowest BCUT2D eigenvalue weighted by Gasteiger charge is -2.15. The number of rotatable bonds is 0. The zero-order chi connectivity index (χ0) is 19.7. The maximum Gasteiger partial charge on any atom is 0.259 e. The summed E-state index contributed by atoms with van der Waals surface area (Å²) in [7, 11) is 0. The molecule has 2 bridgehead atoms. The first-order valence-corrected chi connectivity index (χ1v) is 9.95. The van der Waals surface area contributed by atoms with Gasteiger partial charge in [-0.15, -0.1) is 0 Å². The van der Waals surface area contributed by atoms with E-state index in [9.17, 15) is 9.59 Å². The van der Waals surface area contributed by atoms with Crippen LogP contribution in [0.1, 0.15) is 33.2 Å². The molecule has 3 aliphatic heterocycles. The maximum absolute atomic E-state index is 13.0. The third kappa shape index (κ3) is 1.42. The van der Waals surface area contributed by atoms with Crippen LogP contribution in [0.2, 0.25) is 0 Å². The molecule has 2 aromatic heterocycles. The fourth-order valence-electron chi connectivity index (χ4n) is 5.68. The van der Waals surface area contributed by atoms with Crippen molar-refractivity contribution < 1.29 is 14.3 Å². The Morgan fingerprint density at radius 1 is 0.700 bits per heavy atom. The number of para-hydroxylation sites is 2. The van der Waals surface area contributed by atoms with Gasteiger partial charge in [0.1, 0.15) is 0 Å². The number of ether oxygens (including phenoxy) is 1. The first-order chi connectivity index (χ1) is 14.7. The number of carbonyl (C=O) groups is 2. The van der Waals surface area contributed by atoms with Crippen LogP contribution in [0.5, 0.6) is 0 Å². The number of aromatic nitrogens is 2. The predicted molar refractivity (Wildman–Crippen MR) is 113 cm³/mol. The molecule has 0 aliphatic carbocycles. The Kier molecular flexibility index (Phi) is 2.32. The van der Waals surface area contributed by atoms with Crippen molar-refractivity contribution in [2.75, 3.05) is 0 Å². The van der Waals surface area contributed by atoms with Crippen LogP contribution in [-0.2, 0) is 4.74 Å². The summed E-state index contributed by atoms with van der Waals surface area (Å²) in [6, 6.07) is 16.0. The molecule has 2 amide bonds. The van der Waals surface area contributed by atoms with Crippen molar-refractivity contribution in [1.82, 2.24) is 14.5 Å². The zero-order valence-corrected chi connectivity index (χ0v) is 15.5. The average molecular weight is 391 g/mol. The van der Waals surface area contributed by atoms with Crippen molar-refractivity contribution in [3.05, 3.63) is 71.8 Å². The average Bonchev–Trinajstić information content (AvgIpc) is 3.46. The Morgan fingerprint density at radius 3 is 1.67 bits per heavy atom. The molecule has 3 aromatic carbocycles. The molecule has 6 heteroatoms. The minimum Gasteiger partial charge on any atom is -0.327 e. The standard InChI is InChI=1S/C24H13N3O3/c28-23-19-17-11-5-1-3-7-13(11)26-15-9-10-16(30-15)27-14-8-4-2-6-12(14)18(22(27)21(17)26)20(19)24(29)25-23/h1-10,15-16H,(H,25,28,29)/t15-,16?/m0/s1. The molecule has 5 aromatic rings. The van der Waals surface area contributed by atoms with E-state index < -0.39 is 0 Å². The highest BCUT2D eigenvalue weighted by Crippen LogP contribution is 2.50. The summed E-state index contributed by atoms with van der Waals surface area (Å²) in [6.07, 6.45) is 3.60. The van der Waals surface area contributed by atoms with E-state index in [1.165, 1.54) is 0 Å². The number of fused-ring (bicyclic) bond motifs is 13. The van der Waals surface area contributed by atoms with E-state index in [-0.39, 0.29) is 24.3 Å². The number of benzene rings is 3. The number of nitrogens with one attached hydrogen (secondary N) is 1. The molecule has 6 nitrogen and oxygen atoms in total. The molecule has 8 rings (SSSR count). The van der Waals surface area contributed by atoms with Gasteiger partial charge in [-0.1, -0.05) is 36.4 Å². The van der Waals surface area contributed by atoms with Gasteiger partial charge >= 0.3 is 0 Å². The van der Waals surface area contributed by atoms with E-state index in [4.69, 9.17) is 4.74 Å². The number of carbonyl (C=O) groups excluding carboxylic acids is 2. The Balaban J connectivity index is 1.84. The summed E-state index contributed by atoms with van der Waals surface area (Å²) in [5.41, 5.74) is 4.82. The molecule has 1 N–H and O–H groups in total. The Morgan fingerprint density at radius 2 is 1.17 bits per heavy atom. The third-order valence-corrected chi connectivity index (χ3v) is 6.70. The molecule has 142 valence electrons. The molecule has 0 fully saturated rings. The maximum atomic E-state index is 13.0. The number of imide groups is 1. The highest BCUT2D eigenvalue weighted by Gasteiger charge is 2.40. The SMILES string of the molecule is O=C1NC(=O)c2c1c1c3ccccc3n3c1c1c2c2ccccc2n1[C@@H]1C=CC3O1. The van der Waals surface area contributed by atoms with Crippen LogP contribution < -0.4 is 5.32 Å². The number of nitrogens with zero attached hydrogens (tertiary/aromatic N) is 2. The second-order valence-electron chi connectivity index (χ2n) is 8.06. The zero-order valence-electron chi connectivity index (χ0n) is 15.5. The lowest BCUT2D eigenvalue weighted by molar-refractivity contribution is -0.00692. The third-order valence-electron chi connectivity index (χ3n) is 6.70. The van der Waals surface area contributed by atoms with Gasteiger partial charge in [0, 0.05) is 21.5 Å². The second-order valence-corrected chi connectivity index (χ2v) is 8.06. The lowest BCUT2D eigenvalue weighted by atomic mass is 9.96. The first-order valence-electron chi connectivity index (χ1n) is 9.95. The van der Waals surface area contributed by atoms with Crippen molar-refractivity contribution in [2.45, 2.75) is 12.5 Å². The van der Waals surface area contributed by atoms with Crippen LogP contribution in [0.15, 0.2) is 60.7 Å². The van der Waals surface area contributed by atoms with Crippen molar-refractivity contribution in [1.29, 1.82) is 0 Å². The van der Waals surface area contributed by atoms with Crippen LogP contribution in [0.3, 0.4) is 0 Å². The van der Waals surface area contributed by atoms with Gasteiger partial charge in [0.05, 0.1) is 33.2 Å². The molecule has 30 heavy (non-hydrogen) atoms. The monoisotopic (exact) mass is 391 g/mol. The second kappa shape index (κ2) is 4.63. The van der Waals surface area contributed by atoms with Gasteiger partial charge < -0.3 is 13.9 Å². The quantitative estimate of drug-likeness (QED) is 0.315. The summed E-state index contributed by atoms with van der Waals surface area (Å²) in [5, 5.41) is 6.10. The fourth-order valence-corrected chi connectivity index (χ4v) is 5.68. The molecule has 0 radical (unpaired) electrons. The molecule has 1 unspecified atom stereocenters. The predicted octanol–water partition coefficient (Wildman–Crippen LogP) is 4.38. The minimum absolute atomic E-state index is 0.266. The van der Waals surface area contributed by atoms with Gasteiger partial charge in [-0.3, -0.25) is 14.9 Å². The smallest absolute Gasteiger partial charge is 0.259 e. The molecule has 5 heterocycles. The molecular formula is C24H13N3O3. The fraction of sp³-hybridized carbons (Fsp3) is 0.0833. The van der Waals surface area contributed by atoms with Crippen LogP contribution in [0.25, 0.3) is 43.6 Å². The normalized spacial score (nSPS) is 21.5. The Bertz CT molecular complexity index is 1580. The van der Waals surface area contributed by atoms with Crippen LogP contribution >= 0.6 is 0 Å². The van der Waals surface area contributed by atoms with Crippen LogP contribution in [0.4, 0.5) is 0 Å². The van der Waals surface area contributed by atoms with E-state index in [0.717, 1.165) is 43.6 Å². The Hall–Kier alpha value is -3.90. The number of amides is 2. The largest absolute Gasteiger partial charge is 0.327 e. The van der Waals surface area contributed by atoms with Crippen molar-refractivity contribution in [3.8, 4) is 0 Å². The summed E-state index contributed by atoms with van der Waals surface area (Å²) in [5.74, 6) is -0.662. The first kappa shape index (κ1) is 15.0. The minimum atomic E-state index is -0.331. The number of hydrogen-bond donors (Lipinski definition) is 1. The van der Waals surface area contributed by atoms with Crippen LogP contribution in [0, 0.1) is 0 Å². The summed E-state index contributed by atoms with van der Waals surface area (Å²) >= 11 is 0. The van der Waals surface area contributed by atoms with Gasteiger partial charge in [-0.25, -0.2) is 0 Å². The molecule has 0 spiro atoms. The van der Waals surface area contributed by atoms with Crippen molar-refractivity contribution >= 4 is 55.4 Å². The lowest BCUT2D eigenvalue weighted by Crippen LogP contribution is -2.20. The van der Waals surface area contributed by atoms with Gasteiger partial charge in [-0.2, -0.15) is 0 Å². The molecule has 0 saturated heterocycles. The van der Waals surface area contributed by atoms with Crippen molar-refractivity contribution in [3.63, 3.8) is 0 Å². The van der Waals surface area contributed by atoms with E-state index in [1.807, 2.05) is 48.5 Å². The molecule has 3 aliphatic rings. The summed E-state index contributed by atoms with van der Waals surface area (Å²) in [4.78, 5) is 26.0. The topological polar surface area (TPSA) is 65.3 Å². The van der Waals surface area contributed by atoms with Crippen molar-refractivity contribution in [2.24, 2.45) is 0 Å². The van der Waals surface area contributed by atoms with E-state index >= 15 is 0 Å². The molecular weight excluding hydrogens is 378 g/mol. The van der Waals surface area contributed by atoms with Gasteiger partial charge in [-0.05, 0) is 24.3 Å². The highest BCUT2D eigenvalue weighted by molar-refractivity contribution is 6.39. The van der Waals surface area contributed by atoms with Crippen LogP contribution in [-0.4, -0.2) is 20.9 Å². The number of hydrogen-bond acceptors (Lipinski definition) is 3. The van der Waals surface area contributed by atoms with E-state index in [1.54, 1.807) is 0 Å². The molecule has 0 saturated carbocycles. The Labute approximate surface area is 168 Å². The highest BCUT2D eigenvalue weighted by atomic mass is 16.5. The van der Waals surface area contributed by atoms with Gasteiger partial charge in [0.2, 0.25) is 0 Å². The van der Waals surface area contributed by atoms with E-state index in [2.05, 4.69) is 26.6 Å². The van der Waals surface area contributed by atoms with Gasteiger partial charge in [0.15, 0.2) is 12.5 Å². The summed E-state index contributed by atoms with van der Waals surface area (Å²) in [6.45, 7) is 0. The van der Waals surface area contributed by atoms with E-state index in [0.29, 0.717) is 11.1 Å². The molecule has 2 atom stereocenters. The van der Waals surface area contributed by atoms with Gasteiger partial charge in [0.25, 0.3) is 11.8 Å². The summed E-state index contributed by atoms with van der Waals surface area (Å²) < 4.78 is 10.8.